The van der Waals surface area contributed by atoms with Crippen molar-refractivity contribution < 1.29 is 14.1 Å². The van der Waals surface area contributed by atoms with Crippen molar-refractivity contribution in [2.24, 2.45) is 0 Å². The number of rotatable bonds is 4. The van der Waals surface area contributed by atoms with Crippen LogP contribution in [0.1, 0.15) is 16.7 Å². The van der Waals surface area contributed by atoms with Crippen molar-refractivity contribution in [3.05, 3.63) is 68.0 Å². The van der Waals surface area contributed by atoms with Crippen molar-refractivity contribution in [1.82, 2.24) is 0 Å². The Bertz CT molecular complexity index is 680. The number of ether oxygens (including phenoxy) is 1. The third-order valence-electron chi connectivity index (χ3n) is 3.02. The Morgan fingerprint density at radius 3 is 2.38 bits per heavy atom. The molecule has 0 aliphatic heterocycles. The van der Waals surface area contributed by atoms with Crippen LogP contribution in [-0.4, -0.2) is 4.92 Å². The Morgan fingerprint density at radius 2 is 1.86 bits per heavy atom. The van der Waals surface area contributed by atoms with Gasteiger partial charge in [0.05, 0.1) is 4.92 Å². The first-order valence-electron chi connectivity index (χ1n) is 6.21. The summed E-state index contributed by atoms with van der Waals surface area (Å²) in [4.78, 5) is 9.80. The average Bonchev–Trinajstić information content (AvgIpc) is 2.36. The van der Waals surface area contributed by atoms with Crippen molar-refractivity contribution in [3.63, 3.8) is 0 Å². The molecule has 0 aliphatic rings. The van der Waals surface area contributed by atoms with E-state index in [1.54, 1.807) is 12.1 Å². The Morgan fingerprint density at radius 1 is 1.24 bits per heavy atom. The van der Waals surface area contributed by atoms with Gasteiger partial charge in [-0.1, -0.05) is 11.6 Å². The van der Waals surface area contributed by atoms with Gasteiger partial charge in [0.2, 0.25) is 5.82 Å². The SMILES string of the molecule is Cc1cc(Cl)cc(C)c1OCc1ccc([N+](=O)[O-])c(F)c1. The number of nitro benzene ring substituents is 1. The summed E-state index contributed by atoms with van der Waals surface area (Å²) in [6, 6.07) is 7.27. The number of halogens is 2. The first-order chi connectivity index (χ1) is 9.88. The lowest BCUT2D eigenvalue weighted by Gasteiger charge is -2.12. The Kier molecular flexibility index (Phi) is 4.43. The zero-order chi connectivity index (χ0) is 15.6. The van der Waals surface area contributed by atoms with Gasteiger partial charge >= 0.3 is 5.69 Å². The molecular weight excluding hydrogens is 297 g/mol. The maximum Gasteiger partial charge on any atom is 0.304 e. The second-order valence-electron chi connectivity index (χ2n) is 4.70. The van der Waals surface area contributed by atoms with Crippen LogP contribution in [0, 0.1) is 29.8 Å². The molecule has 0 heterocycles. The molecule has 0 aliphatic carbocycles. The van der Waals surface area contributed by atoms with Gasteiger partial charge in [0.15, 0.2) is 0 Å². The van der Waals surface area contributed by atoms with Crippen molar-refractivity contribution in [3.8, 4) is 5.75 Å². The van der Waals surface area contributed by atoms with Gasteiger partial charge in [-0.25, -0.2) is 0 Å². The van der Waals surface area contributed by atoms with Crippen LogP contribution in [0.25, 0.3) is 0 Å². The van der Waals surface area contributed by atoms with Gasteiger partial charge in [0.25, 0.3) is 0 Å². The molecule has 110 valence electrons. The monoisotopic (exact) mass is 309 g/mol. The largest absolute Gasteiger partial charge is 0.488 e. The topological polar surface area (TPSA) is 52.4 Å². The Labute approximate surface area is 126 Å². The molecule has 4 nitrogen and oxygen atoms in total. The fraction of sp³-hybridized carbons (Fsp3) is 0.200. The molecule has 0 spiro atoms. The van der Waals surface area contributed by atoms with Crippen LogP contribution in [0.15, 0.2) is 30.3 Å². The number of aryl methyl sites for hydroxylation is 2. The van der Waals surface area contributed by atoms with Gasteiger partial charge in [0.1, 0.15) is 12.4 Å². The molecule has 0 unspecified atom stereocenters. The van der Waals surface area contributed by atoms with E-state index in [2.05, 4.69) is 0 Å². The maximum atomic E-state index is 13.5. The van der Waals surface area contributed by atoms with E-state index in [9.17, 15) is 14.5 Å². The van der Waals surface area contributed by atoms with Crippen molar-refractivity contribution >= 4 is 17.3 Å². The van der Waals surface area contributed by atoms with E-state index < -0.39 is 16.4 Å². The van der Waals surface area contributed by atoms with Crippen LogP contribution in [0.2, 0.25) is 5.02 Å². The normalized spacial score (nSPS) is 10.5. The highest BCUT2D eigenvalue weighted by atomic mass is 35.5. The highest BCUT2D eigenvalue weighted by Crippen LogP contribution is 2.28. The van der Waals surface area contributed by atoms with E-state index in [-0.39, 0.29) is 6.61 Å². The summed E-state index contributed by atoms with van der Waals surface area (Å²) >= 11 is 5.94. The van der Waals surface area contributed by atoms with Gasteiger partial charge < -0.3 is 4.74 Å². The third kappa shape index (κ3) is 3.49. The number of hydrogen-bond acceptors (Lipinski definition) is 3. The second kappa shape index (κ2) is 6.10. The van der Waals surface area contributed by atoms with E-state index in [1.807, 2.05) is 13.8 Å². The summed E-state index contributed by atoms with van der Waals surface area (Å²) in [5, 5.41) is 11.2. The van der Waals surface area contributed by atoms with Gasteiger partial charge in [0, 0.05) is 11.1 Å². The third-order valence-corrected chi connectivity index (χ3v) is 3.24. The lowest BCUT2D eigenvalue weighted by Crippen LogP contribution is -2.01. The molecule has 0 N–H and O–H groups in total. The molecule has 0 radical (unpaired) electrons. The Hall–Kier alpha value is -2.14. The number of hydrogen-bond donors (Lipinski definition) is 0. The van der Waals surface area contributed by atoms with Crippen molar-refractivity contribution in [2.75, 3.05) is 0 Å². The van der Waals surface area contributed by atoms with E-state index in [0.717, 1.165) is 23.3 Å². The molecule has 2 aromatic rings. The zero-order valence-electron chi connectivity index (χ0n) is 11.5. The summed E-state index contributed by atoms with van der Waals surface area (Å²) in [6.45, 7) is 3.85. The molecule has 0 aromatic heterocycles. The minimum absolute atomic E-state index is 0.123. The standard InChI is InChI=1S/C15H13ClFNO3/c1-9-5-12(16)6-10(2)15(9)21-8-11-3-4-14(18(19)20)13(17)7-11/h3-7H,8H2,1-2H3. The van der Waals surface area contributed by atoms with E-state index in [4.69, 9.17) is 16.3 Å². The number of nitro groups is 1. The molecule has 0 bridgehead atoms. The predicted octanol–water partition coefficient (Wildman–Crippen LogP) is 4.58. The van der Waals surface area contributed by atoms with Crippen LogP contribution in [0.4, 0.5) is 10.1 Å². The molecule has 0 saturated heterocycles. The van der Waals surface area contributed by atoms with Gasteiger partial charge in [-0.15, -0.1) is 0 Å². The predicted molar refractivity (Wildman–Crippen MR) is 78.3 cm³/mol. The molecule has 0 saturated carbocycles. The number of nitrogens with zero attached hydrogens (tertiary/aromatic N) is 1. The van der Waals surface area contributed by atoms with Crippen molar-refractivity contribution in [2.45, 2.75) is 20.5 Å². The summed E-state index contributed by atoms with van der Waals surface area (Å²) in [6.07, 6.45) is 0. The van der Waals surface area contributed by atoms with Gasteiger partial charge in [-0.2, -0.15) is 4.39 Å². The first-order valence-corrected chi connectivity index (χ1v) is 6.58. The quantitative estimate of drug-likeness (QED) is 0.613. The van der Waals surface area contributed by atoms with Crippen molar-refractivity contribution in [1.29, 1.82) is 0 Å². The smallest absolute Gasteiger partial charge is 0.304 e. The van der Waals surface area contributed by atoms with E-state index in [0.29, 0.717) is 16.3 Å². The van der Waals surface area contributed by atoms with Gasteiger partial charge in [-0.3, -0.25) is 10.1 Å². The fourth-order valence-electron chi connectivity index (χ4n) is 2.07. The fourth-order valence-corrected chi connectivity index (χ4v) is 2.40. The van der Waals surface area contributed by atoms with E-state index in [1.165, 1.54) is 6.07 Å². The Balaban J connectivity index is 2.17. The lowest BCUT2D eigenvalue weighted by molar-refractivity contribution is -0.387. The molecule has 0 amide bonds. The minimum atomic E-state index is -0.870. The summed E-state index contributed by atoms with van der Waals surface area (Å²) in [5.41, 5.74) is 1.73. The molecule has 21 heavy (non-hydrogen) atoms. The van der Waals surface area contributed by atoms with E-state index >= 15 is 0 Å². The lowest BCUT2D eigenvalue weighted by atomic mass is 10.1. The highest BCUT2D eigenvalue weighted by molar-refractivity contribution is 6.30. The summed E-state index contributed by atoms with van der Waals surface area (Å²) < 4.78 is 19.2. The van der Waals surface area contributed by atoms with Crippen LogP contribution in [0.3, 0.4) is 0 Å². The van der Waals surface area contributed by atoms with Gasteiger partial charge in [-0.05, 0) is 54.8 Å². The maximum absolute atomic E-state index is 13.5. The molecule has 0 fully saturated rings. The molecule has 2 aromatic carbocycles. The summed E-state index contributed by atoms with van der Waals surface area (Å²) in [5.74, 6) is -0.191. The molecule has 2 rings (SSSR count). The molecule has 6 heteroatoms. The van der Waals surface area contributed by atoms with Crippen LogP contribution >= 0.6 is 11.6 Å². The first kappa shape index (κ1) is 15.3. The highest BCUT2D eigenvalue weighted by Gasteiger charge is 2.14. The second-order valence-corrected chi connectivity index (χ2v) is 5.14. The number of benzene rings is 2. The molecular formula is C15H13ClFNO3. The summed E-state index contributed by atoms with van der Waals surface area (Å²) in [7, 11) is 0. The van der Waals surface area contributed by atoms with Crippen LogP contribution < -0.4 is 4.74 Å². The zero-order valence-corrected chi connectivity index (χ0v) is 12.3. The average molecular weight is 310 g/mol. The minimum Gasteiger partial charge on any atom is -0.488 e. The van der Waals surface area contributed by atoms with Crippen LogP contribution in [0.5, 0.6) is 5.75 Å². The van der Waals surface area contributed by atoms with Crippen LogP contribution in [-0.2, 0) is 6.61 Å². The molecule has 0 atom stereocenters.